The van der Waals surface area contributed by atoms with E-state index in [1.807, 2.05) is 0 Å². The molecule has 1 unspecified atom stereocenters. The molecular formula is C17H23NO6. The van der Waals surface area contributed by atoms with Crippen LogP contribution in [0.1, 0.15) is 39.2 Å². The Morgan fingerprint density at radius 3 is 2.21 bits per heavy atom. The number of carboxylic acids is 1. The maximum atomic E-state index is 12.1. The van der Waals surface area contributed by atoms with Gasteiger partial charge in [-0.05, 0) is 32.8 Å². The topological polar surface area (TPSA) is 116 Å². The summed E-state index contributed by atoms with van der Waals surface area (Å²) >= 11 is 0. The van der Waals surface area contributed by atoms with Crippen molar-refractivity contribution in [1.82, 2.24) is 0 Å². The Bertz CT molecular complexity index is 593. The molecule has 3 N–H and O–H groups in total. The Morgan fingerprint density at radius 1 is 1.12 bits per heavy atom. The van der Waals surface area contributed by atoms with Crippen molar-refractivity contribution < 1.29 is 29.0 Å². The molecule has 1 aromatic rings. The molecule has 7 nitrogen and oxygen atoms in total. The highest BCUT2D eigenvalue weighted by Gasteiger charge is 2.44. The van der Waals surface area contributed by atoms with E-state index in [0.29, 0.717) is 5.56 Å². The maximum Gasteiger partial charge on any atom is 0.338 e. The average molecular weight is 337 g/mol. The standard InChI is InChI=1S/C17H23NO6/c1-16(2,3)24-13(19)9-10-17(18,14(20)21)15(22)23-11-12-7-5-4-6-8-12/h4-8H,9-11,18H2,1-3H3,(H,20,21). The van der Waals surface area contributed by atoms with Crippen LogP contribution >= 0.6 is 0 Å². The average Bonchev–Trinajstić information content (AvgIpc) is 2.49. The van der Waals surface area contributed by atoms with Gasteiger partial charge >= 0.3 is 17.9 Å². The summed E-state index contributed by atoms with van der Waals surface area (Å²) in [7, 11) is 0. The van der Waals surface area contributed by atoms with E-state index < -0.39 is 35.5 Å². The molecule has 0 fully saturated rings. The molecule has 1 aromatic carbocycles. The van der Waals surface area contributed by atoms with Crippen molar-refractivity contribution >= 4 is 17.9 Å². The molecule has 7 heteroatoms. The minimum Gasteiger partial charge on any atom is -0.479 e. The first-order valence-electron chi connectivity index (χ1n) is 7.50. The van der Waals surface area contributed by atoms with Gasteiger partial charge in [-0.25, -0.2) is 9.59 Å². The van der Waals surface area contributed by atoms with E-state index in [9.17, 15) is 19.5 Å². The van der Waals surface area contributed by atoms with Gasteiger partial charge in [-0.2, -0.15) is 0 Å². The van der Waals surface area contributed by atoms with Crippen molar-refractivity contribution in [3.05, 3.63) is 35.9 Å². The lowest BCUT2D eigenvalue weighted by molar-refractivity contribution is -0.163. The highest BCUT2D eigenvalue weighted by Crippen LogP contribution is 2.17. The molecule has 24 heavy (non-hydrogen) atoms. The second kappa shape index (κ2) is 7.92. The van der Waals surface area contributed by atoms with E-state index in [-0.39, 0.29) is 13.0 Å². The third kappa shape index (κ3) is 6.00. The highest BCUT2D eigenvalue weighted by molar-refractivity contribution is 6.04. The Hall–Kier alpha value is -2.41. The zero-order valence-electron chi connectivity index (χ0n) is 14.1. The number of hydrogen-bond acceptors (Lipinski definition) is 6. The molecule has 0 amide bonds. The van der Waals surface area contributed by atoms with E-state index in [1.165, 1.54) is 0 Å². The van der Waals surface area contributed by atoms with E-state index in [4.69, 9.17) is 15.2 Å². The Balaban J connectivity index is 2.67. The molecule has 0 saturated heterocycles. The fourth-order valence-electron chi connectivity index (χ4n) is 1.84. The molecule has 0 aromatic heterocycles. The van der Waals surface area contributed by atoms with Gasteiger partial charge in [-0.15, -0.1) is 0 Å². The van der Waals surface area contributed by atoms with Crippen LogP contribution in [0.2, 0.25) is 0 Å². The van der Waals surface area contributed by atoms with Crippen LogP contribution in [0.15, 0.2) is 30.3 Å². The number of hydrogen-bond donors (Lipinski definition) is 2. The molecule has 0 heterocycles. The largest absolute Gasteiger partial charge is 0.479 e. The van der Waals surface area contributed by atoms with Gasteiger partial charge in [0.1, 0.15) is 12.2 Å². The smallest absolute Gasteiger partial charge is 0.338 e. The molecular weight excluding hydrogens is 314 g/mol. The summed E-state index contributed by atoms with van der Waals surface area (Å²) in [6.45, 7) is 4.96. The van der Waals surface area contributed by atoms with Crippen LogP contribution in [0, 0.1) is 0 Å². The lowest BCUT2D eigenvalue weighted by atomic mass is 9.95. The number of carbonyl (C=O) groups is 3. The first-order chi connectivity index (χ1) is 11.0. The van der Waals surface area contributed by atoms with E-state index in [1.54, 1.807) is 51.1 Å². The third-order valence-corrected chi connectivity index (χ3v) is 3.10. The number of rotatable bonds is 7. The molecule has 0 saturated carbocycles. The van der Waals surface area contributed by atoms with Crippen LogP contribution in [0.4, 0.5) is 0 Å². The van der Waals surface area contributed by atoms with Crippen molar-refractivity contribution in [2.75, 3.05) is 0 Å². The summed E-state index contributed by atoms with van der Waals surface area (Å²) in [5.41, 5.74) is 3.38. The van der Waals surface area contributed by atoms with Gasteiger partial charge in [-0.3, -0.25) is 4.79 Å². The monoisotopic (exact) mass is 337 g/mol. The SMILES string of the molecule is CC(C)(C)OC(=O)CCC(N)(C(=O)O)C(=O)OCc1ccccc1. The Labute approximate surface area is 140 Å². The maximum absolute atomic E-state index is 12.1. The van der Waals surface area contributed by atoms with Crippen molar-refractivity contribution in [2.45, 2.75) is 51.4 Å². The number of aliphatic carboxylic acids is 1. The number of ether oxygens (including phenoxy) is 2. The van der Waals surface area contributed by atoms with Crippen LogP contribution in [0.25, 0.3) is 0 Å². The lowest BCUT2D eigenvalue weighted by Gasteiger charge is -2.24. The number of esters is 2. The molecule has 0 bridgehead atoms. The number of benzene rings is 1. The molecule has 0 aliphatic heterocycles. The first-order valence-corrected chi connectivity index (χ1v) is 7.50. The molecule has 0 spiro atoms. The zero-order chi connectivity index (χ0) is 18.4. The van der Waals surface area contributed by atoms with Crippen LogP contribution < -0.4 is 5.73 Å². The van der Waals surface area contributed by atoms with Crippen LogP contribution in [-0.4, -0.2) is 34.2 Å². The van der Waals surface area contributed by atoms with Crippen molar-refractivity contribution in [1.29, 1.82) is 0 Å². The normalized spacial score (nSPS) is 13.7. The molecule has 0 aliphatic rings. The molecule has 0 radical (unpaired) electrons. The number of nitrogens with two attached hydrogens (primary N) is 1. The number of carbonyl (C=O) groups excluding carboxylic acids is 2. The first kappa shape index (κ1) is 19.6. The summed E-state index contributed by atoms with van der Waals surface area (Å²) in [5.74, 6) is -3.28. The van der Waals surface area contributed by atoms with Crippen LogP contribution in [-0.2, 0) is 30.5 Å². The fourth-order valence-corrected chi connectivity index (χ4v) is 1.84. The van der Waals surface area contributed by atoms with Gasteiger partial charge in [0.15, 0.2) is 0 Å². The van der Waals surface area contributed by atoms with Gasteiger partial charge in [0.2, 0.25) is 5.54 Å². The van der Waals surface area contributed by atoms with Crippen LogP contribution in [0.3, 0.4) is 0 Å². The van der Waals surface area contributed by atoms with Gasteiger partial charge in [0, 0.05) is 6.42 Å². The van der Waals surface area contributed by atoms with Gasteiger partial charge in [0.05, 0.1) is 0 Å². The summed E-state index contributed by atoms with van der Waals surface area (Å²) in [6, 6.07) is 8.79. The minimum atomic E-state index is -2.30. The van der Waals surface area contributed by atoms with Gasteiger partial charge in [0.25, 0.3) is 0 Å². The molecule has 1 rings (SSSR count). The van der Waals surface area contributed by atoms with E-state index >= 15 is 0 Å². The second-order valence-electron chi connectivity index (χ2n) is 6.42. The van der Waals surface area contributed by atoms with Crippen LogP contribution in [0.5, 0.6) is 0 Å². The predicted octanol–water partition coefficient (Wildman–Crippen LogP) is 1.63. The summed E-state index contributed by atoms with van der Waals surface area (Å²) in [5, 5.41) is 9.27. The summed E-state index contributed by atoms with van der Waals surface area (Å²) < 4.78 is 10.1. The zero-order valence-corrected chi connectivity index (χ0v) is 14.1. The van der Waals surface area contributed by atoms with Gasteiger partial charge < -0.3 is 20.3 Å². The second-order valence-corrected chi connectivity index (χ2v) is 6.42. The summed E-state index contributed by atoms with van der Waals surface area (Å²) in [4.78, 5) is 35.2. The molecule has 1 atom stereocenters. The molecule has 132 valence electrons. The highest BCUT2D eigenvalue weighted by atomic mass is 16.6. The molecule has 0 aliphatic carbocycles. The quantitative estimate of drug-likeness (QED) is 0.574. The van der Waals surface area contributed by atoms with Crippen molar-refractivity contribution in [2.24, 2.45) is 5.73 Å². The third-order valence-electron chi connectivity index (χ3n) is 3.10. The van der Waals surface area contributed by atoms with E-state index in [0.717, 1.165) is 0 Å². The summed E-state index contributed by atoms with van der Waals surface area (Å²) in [6.07, 6.45) is -0.717. The van der Waals surface area contributed by atoms with Gasteiger partial charge in [-0.1, -0.05) is 30.3 Å². The predicted molar refractivity (Wildman–Crippen MR) is 85.9 cm³/mol. The van der Waals surface area contributed by atoms with Crippen molar-refractivity contribution in [3.63, 3.8) is 0 Å². The Kier molecular flexibility index (Phi) is 6.48. The van der Waals surface area contributed by atoms with Crippen molar-refractivity contribution in [3.8, 4) is 0 Å². The minimum absolute atomic E-state index is 0.0989. The lowest BCUT2D eigenvalue weighted by Crippen LogP contribution is -2.56. The fraction of sp³-hybridized carbons (Fsp3) is 0.471. The Morgan fingerprint density at radius 2 is 1.71 bits per heavy atom. The number of carboxylic acid groups (broad SMARTS) is 1. The van der Waals surface area contributed by atoms with E-state index in [2.05, 4.69) is 0 Å².